The number of ether oxygens (including phenoxy) is 1. The number of hydrogen-bond donors (Lipinski definition) is 1. The lowest BCUT2D eigenvalue weighted by molar-refractivity contribution is -0.146. The van der Waals surface area contributed by atoms with Crippen LogP contribution in [0.15, 0.2) is 0 Å². The van der Waals surface area contributed by atoms with Crippen molar-refractivity contribution in [2.24, 2.45) is 0 Å². The fraction of sp³-hybridized carbons (Fsp3) is 0.889. The fourth-order valence-corrected chi connectivity index (χ4v) is 1.23. The quantitative estimate of drug-likeness (QED) is 0.716. The number of rotatable bonds is 5. The van der Waals surface area contributed by atoms with Crippen molar-refractivity contribution in [2.45, 2.75) is 19.0 Å². The Hall–Kier alpha value is -0.750. The van der Waals surface area contributed by atoms with Crippen LogP contribution >= 0.6 is 0 Å². The molecule has 88 valence electrons. The number of alkyl halides is 2. The van der Waals surface area contributed by atoms with Crippen molar-refractivity contribution in [1.29, 1.82) is 0 Å². The van der Waals surface area contributed by atoms with Gasteiger partial charge in [-0.3, -0.25) is 4.79 Å². The molecule has 0 radical (unpaired) electrons. The molecular formula is C9H16F2N2O2. The predicted octanol–water partition coefficient (Wildman–Crippen LogP) is 0.0884. The highest BCUT2D eigenvalue weighted by molar-refractivity contribution is 5.77. The van der Waals surface area contributed by atoms with E-state index in [0.717, 1.165) is 4.90 Å². The first-order valence-electron chi connectivity index (χ1n) is 4.80. The highest BCUT2D eigenvalue weighted by Crippen LogP contribution is 2.14. The summed E-state index contributed by atoms with van der Waals surface area (Å²) in [4.78, 5) is 12.3. The van der Waals surface area contributed by atoms with Gasteiger partial charge in [0.1, 0.15) is 6.61 Å². The van der Waals surface area contributed by atoms with Crippen LogP contribution in [-0.2, 0) is 9.53 Å². The Morgan fingerprint density at radius 2 is 2.20 bits per heavy atom. The fourth-order valence-electron chi connectivity index (χ4n) is 1.23. The smallest absolute Gasteiger partial charge is 0.255 e. The molecule has 0 bridgehead atoms. The molecule has 1 fully saturated rings. The average molecular weight is 222 g/mol. The molecule has 6 heteroatoms. The summed E-state index contributed by atoms with van der Waals surface area (Å²) in [5, 5.41) is 3.02. The highest BCUT2D eigenvalue weighted by Gasteiger charge is 2.33. The number of halogens is 2. The lowest BCUT2D eigenvalue weighted by atomic mass is 10.0. The molecule has 0 spiro atoms. The molecular weight excluding hydrogens is 206 g/mol. The minimum atomic E-state index is -2.50. The van der Waals surface area contributed by atoms with Gasteiger partial charge in [-0.15, -0.1) is 0 Å². The Morgan fingerprint density at radius 3 is 2.60 bits per heavy atom. The van der Waals surface area contributed by atoms with Crippen LogP contribution in [-0.4, -0.2) is 56.1 Å². The van der Waals surface area contributed by atoms with Gasteiger partial charge >= 0.3 is 0 Å². The van der Waals surface area contributed by atoms with Crippen molar-refractivity contribution >= 4 is 5.91 Å². The Bertz CT molecular complexity index is 232. The maximum absolute atomic E-state index is 12.0. The standard InChI is InChI=1S/C9H16F2N2O2/c1-9(5-12-6-9)15-4-8(14)13(2)3-7(10)11/h7,12H,3-6H2,1-2H3. The van der Waals surface area contributed by atoms with Crippen molar-refractivity contribution in [2.75, 3.05) is 33.3 Å². The second-order valence-electron chi connectivity index (χ2n) is 4.01. The average Bonchev–Trinajstić information content (AvgIpc) is 2.10. The zero-order valence-corrected chi connectivity index (χ0v) is 8.93. The van der Waals surface area contributed by atoms with E-state index in [1.807, 2.05) is 6.92 Å². The molecule has 1 rings (SSSR count). The summed E-state index contributed by atoms with van der Waals surface area (Å²) in [6, 6.07) is 0. The van der Waals surface area contributed by atoms with Crippen molar-refractivity contribution < 1.29 is 18.3 Å². The topological polar surface area (TPSA) is 41.6 Å². The molecule has 1 aliphatic rings. The lowest BCUT2D eigenvalue weighted by Gasteiger charge is -2.39. The van der Waals surface area contributed by atoms with Crippen molar-refractivity contribution in [3.05, 3.63) is 0 Å². The Morgan fingerprint density at radius 1 is 1.60 bits per heavy atom. The Balaban J connectivity index is 2.23. The number of carbonyl (C=O) groups excluding carboxylic acids is 1. The van der Waals surface area contributed by atoms with E-state index in [-0.39, 0.29) is 12.2 Å². The van der Waals surface area contributed by atoms with Crippen LogP contribution in [0.5, 0.6) is 0 Å². The van der Waals surface area contributed by atoms with Crippen LogP contribution in [0.2, 0.25) is 0 Å². The molecule has 0 aromatic heterocycles. The third-order valence-corrected chi connectivity index (χ3v) is 2.38. The summed E-state index contributed by atoms with van der Waals surface area (Å²) in [5.74, 6) is -0.413. The van der Waals surface area contributed by atoms with E-state index in [1.165, 1.54) is 7.05 Å². The molecule has 15 heavy (non-hydrogen) atoms. The highest BCUT2D eigenvalue weighted by atomic mass is 19.3. The van der Waals surface area contributed by atoms with Crippen LogP contribution in [0, 0.1) is 0 Å². The molecule has 1 aliphatic heterocycles. The van der Waals surface area contributed by atoms with E-state index >= 15 is 0 Å². The lowest BCUT2D eigenvalue weighted by Crippen LogP contribution is -2.59. The van der Waals surface area contributed by atoms with Gasteiger partial charge in [0.2, 0.25) is 5.91 Å². The zero-order chi connectivity index (χ0) is 11.5. The van der Waals surface area contributed by atoms with Crippen molar-refractivity contribution in [1.82, 2.24) is 10.2 Å². The summed E-state index contributed by atoms with van der Waals surface area (Å²) in [6.07, 6.45) is -2.50. The first kappa shape index (κ1) is 12.3. The van der Waals surface area contributed by atoms with Crippen LogP contribution in [0.25, 0.3) is 0 Å². The van der Waals surface area contributed by atoms with Crippen LogP contribution in [0.1, 0.15) is 6.92 Å². The van der Waals surface area contributed by atoms with Crippen molar-refractivity contribution in [3.63, 3.8) is 0 Å². The van der Waals surface area contributed by atoms with E-state index in [4.69, 9.17) is 4.74 Å². The van der Waals surface area contributed by atoms with Gasteiger partial charge in [-0.25, -0.2) is 8.78 Å². The van der Waals surface area contributed by atoms with Gasteiger partial charge in [0.05, 0.1) is 12.1 Å². The first-order chi connectivity index (χ1) is 6.93. The summed E-state index contributed by atoms with van der Waals surface area (Å²) >= 11 is 0. The van der Waals surface area contributed by atoms with E-state index in [1.54, 1.807) is 0 Å². The van der Waals surface area contributed by atoms with Crippen LogP contribution in [0.3, 0.4) is 0 Å². The van der Waals surface area contributed by atoms with Crippen molar-refractivity contribution in [3.8, 4) is 0 Å². The number of hydrogen-bond acceptors (Lipinski definition) is 3. The van der Waals surface area contributed by atoms with E-state index in [0.29, 0.717) is 13.1 Å². The van der Waals surface area contributed by atoms with Gasteiger partial charge in [0.25, 0.3) is 6.43 Å². The molecule has 0 aliphatic carbocycles. The number of nitrogens with one attached hydrogen (secondary N) is 1. The molecule has 1 heterocycles. The van der Waals surface area contributed by atoms with Gasteiger partial charge < -0.3 is 15.0 Å². The van der Waals surface area contributed by atoms with E-state index < -0.39 is 18.9 Å². The normalized spacial score (nSPS) is 18.7. The predicted molar refractivity (Wildman–Crippen MR) is 50.9 cm³/mol. The molecule has 1 saturated heterocycles. The van der Waals surface area contributed by atoms with Gasteiger partial charge in [-0.1, -0.05) is 0 Å². The third-order valence-electron chi connectivity index (χ3n) is 2.38. The molecule has 4 nitrogen and oxygen atoms in total. The number of nitrogens with zero attached hydrogens (tertiary/aromatic N) is 1. The second-order valence-corrected chi connectivity index (χ2v) is 4.01. The summed E-state index contributed by atoms with van der Waals surface area (Å²) < 4.78 is 29.2. The molecule has 0 atom stereocenters. The van der Waals surface area contributed by atoms with Gasteiger partial charge in [-0.2, -0.15) is 0 Å². The summed E-state index contributed by atoms with van der Waals surface area (Å²) in [5.41, 5.74) is -0.318. The molecule has 0 saturated carbocycles. The maximum Gasteiger partial charge on any atom is 0.255 e. The van der Waals surface area contributed by atoms with Gasteiger partial charge in [0.15, 0.2) is 0 Å². The Kier molecular flexibility index (Phi) is 3.98. The molecule has 0 unspecified atom stereocenters. The minimum absolute atomic E-state index is 0.138. The molecule has 1 amide bonds. The number of amides is 1. The third kappa shape index (κ3) is 3.71. The monoisotopic (exact) mass is 222 g/mol. The molecule has 1 N–H and O–H groups in total. The van der Waals surface area contributed by atoms with Gasteiger partial charge in [-0.05, 0) is 6.92 Å². The Labute approximate surface area is 87.6 Å². The van der Waals surface area contributed by atoms with Gasteiger partial charge in [0, 0.05) is 20.1 Å². The summed E-state index contributed by atoms with van der Waals surface area (Å²) in [7, 11) is 1.35. The minimum Gasteiger partial charge on any atom is -0.363 e. The SMILES string of the molecule is CN(CC(F)F)C(=O)COC1(C)CNC1. The largest absolute Gasteiger partial charge is 0.363 e. The maximum atomic E-state index is 12.0. The molecule has 0 aromatic carbocycles. The van der Waals surface area contributed by atoms with E-state index in [9.17, 15) is 13.6 Å². The number of carbonyl (C=O) groups is 1. The zero-order valence-electron chi connectivity index (χ0n) is 8.93. The van der Waals surface area contributed by atoms with E-state index in [2.05, 4.69) is 5.32 Å². The summed E-state index contributed by atoms with van der Waals surface area (Å²) in [6.45, 7) is 2.58. The molecule has 0 aromatic rings. The number of likely N-dealkylation sites (N-methyl/N-ethyl adjacent to an activating group) is 1. The van der Waals surface area contributed by atoms with Crippen LogP contribution in [0.4, 0.5) is 8.78 Å². The first-order valence-corrected chi connectivity index (χ1v) is 4.80. The van der Waals surface area contributed by atoms with Crippen LogP contribution < -0.4 is 5.32 Å². The second kappa shape index (κ2) is 4.85.